The second-order valence-corrected chi connectivity index (χ2v) is 8.99. The second-order valence-electron chi connectivity index (χ2n) is 7.06. The molecule has 0 radical (unpaired) electrons. The molecule has 0 saturated carbocycles. The van der Waals surface area contributed by atoms with Crippen LogP contribution in [0.3, 0.4) is 0 Å². The average molecular weight is 392 g/mol. The van der Waals surface area contributed by atoms with Crippen molar-refractivity contribution < 1.29 is 22.0 Å². The number of halogens is 2. The van der Waals surface area contributed by atoms with Gasteiger partial charge in [0, 0.05) is 18.7 Å². The SMILES string of the molecule is O=C1N[C@@]2(CCc3ccccc31)CCN(S(=O)(=O)c1ccc(F)c(F)c1)C2. The zero-order valence-electron chi connectivity index (χ0n) is 14.4. The molecule has 1 atom stereocenters. The molecule has 27 heavy (non-hydrogen) atoms. The number of hydrogen-bond donors (Lipinski definition) is 1. The van der Waals surface area contributed by atoms with Crippen LogP contribution >= 0.6 is 0 Å². The van der Waals surface area contributed by atoms with Gasteiger partial charge in [0.15, 0.2) is 11.6 Å². The molecule has 1 saturated heterocycles. The number of carbonyl (C=O) groups is 1. The van der Waals surface area contributed by atoms with Crippen LogP contribution in [0, 0.1) is 11.6 Å². The van der Waals surface area contributed by atoms with Gasteiger partial charge in [-0.05, 0) is 49.1 Å². The lowest BCUT2D eigenvalue weighted by Crippen LogP contribution is -2.50. The van der Waals surface area contributed by atoms with Crippen molar-refractivity contribution >= 4 is 15.9 Å². The second kappa shape index (κ2) is 6.38. The summed E-state index contributed by atoms with van der Waals surface area (Å²) in [6.07, 6.45) is 1.74. The third-order valence-corrected chi connectivity index (χ3v) is 7.20. The van der Waals surface area contributed by atoms with Crippen LogP contribution in [0.1, 0.15) is 28.8 Å². The van der Waals surface area contributed by atoms with Gasteiger partial charge in [-0.1, -0.05) is 18.2 Å². The zero-order valence-corrected chi connectivity index (χ0v) is 15.2. The summed E-state index contributed by atoms with van der Waals surface area (Å²) in [5, 5.41) is 3.01. The minimum atomic E-state index is -3.97. The molecule has 2 heterocycles. The minimum absolute atomic E-state index is 0.105. The first kappa shape index (κ1) is 18.1. The lowest BCUT2D eigenvalue weighted by Gasteiger charge is -2.29. The Bertz CT molecular complexity index is 1030. The van der Waals surface area contributed by atoms with Crippen molar-refractivity contribution in [2.24, 2.45) is 0 Å². The highest BCUT2D eigenvalue weighted by atomic mass is 32.2. The van der Waals surface area contributed by atoms with Crippen molar-refractivity contribution in [2.75, 3.05) is 13.1 Å². The van der Waals surface area contributed by atoms with Gasteiger partial charge in [0.05, 0.1) is 10.4 Å². The van der Waals surface area contributed by atoms with Crippen molar-refractivity contribution in [3.63, 3.8) is 0 Å². The Kier molecular flexibility index (Phi) is 4.27. The van der Waals surface area contributed by atoms with Gasteiger partial charge in [-0.2, -0.15) is 4.31 Å². The van der Waals surface area contributed by atoms with E-state index in [9.17, 15) is 22.0 Å². The molecule has 8 heteroatoms. The minimum Gasteiger partial charge on any atom is -0.345 e. The van der Waals surface area contributed by atoms with Gasteiger partial charge in [-0.25, -0.2) is 17.2 Å². The van der Waals surface area contributed by atoms with E-state index in [0.717, 1.165) is 17.7 Å². The largest absolute Gasteiger partial charge is 0.345 e. The number of aryl methyl sites for hydroxylation is 1. The van der Waals surface area contributed by atoms with E-state index in [4.69, 9.17) is 0 Å². The highest BCUT2D eigenvalue weighted by molar-refractivity contribution is 7.89. The number of benzene rings is 2. The summed E-state index contributed by atoms with van der Waals surface area (Å²) in [7, 11) is -3.97. The van der Waals surface area contributed by atoms with Crippen LogP contribution in [0.2, 0.25) is 0 Å². The monoisotopic (exact) mass is 392 g/mol. The maximum absolute atomic E-state index is 13.5. The maximum atomic E-state index is 13.5. The van der Waals surface area contributed by atoms with E-state index in [1.54, 1.807) is 12.1 Å². The summed E-state index contributed by atoms with van der Waals surface area (Å²) in [6, 6.07) is 9.88. The first-order chi connectivity index (χ1) is 12.8. The number of rotatable bonds is 2. The van der Waals surface area contributed by atoms with Crippen LogP contribution < -0.4 is 5.32 Å². The van der Waals surface area contributed by atoms with Gasteiger partial charge in [0.1, 0.15) is 0 Å². The lowest BCUT2D eigenvalue weighted by molar-refractivity contribution is 0.0906. The molecule has 0 aromatic heterocycles. The molecular weight excluding hydrogens is 374 g/mol. The van der Waals surface area contributed by atoms with E-state index in [2.05, 4.69) is 5.32 Å². The molecule has 0 bridgehead atoms. The molecule has 142 valence electrons. The molecular formula is C19H18F2N2O3S. The lowest BCUT2D eigenvalue weighted by atomic mass is 9.92. The molecule has 0 unspecified atom stereocenters. The number of hydrogen-bond acceptors (Lipinski definition) is 3. The molecule has 2 aliphatic heterocycles. The van der Waals surface area contributed by atoms with Crippen molar-refractivity contribution in [3.8, 4) is 0 Å². The molecule has 1 spiro atoms. The van der Waals surface area contributed by atoms with Crippen molar-refractivity contribution in [2.45, 2.75) is 29.7 Å². The molecule has 1 N–H and O–H groups in total. The Labute approximate surface area is 156 Å². The van der Waals surface area contributed by atoms with Gasteiger partial charge >= 0.3 is 0 Å². The predicted molar refractivity (Wildman–Crippen MR) is 94.7 cm³/mol. The van der Waals surface area contributed by atoms with Gasteiger partial charge < -0.3 is 5.32 Å². The van der Waals surface area contributed by atoms with Crippen LogP contribution in [0.5, 0.6) is 0 Å². The van der Waals surface area contributed by atoms with E-state index >= 15 is 0 Å². The summed E-state index contributed by atoms with van der Waals surface area (Å²) >= 11 is 0. The highest BCUT2D eigenvalue weighted by Gasteiger charge is 2.45. The molecule has 2 aromatic rings. The van der Waals surface area contributed by atoms with E-state index in [-0.39, 0.29) is 23.9 Å². The smallest absolute Gasteiger partial charge is 0.252 e. The molecule has 2 aromatic carbocycles. The summed E-state index contributed by atoms with van der Waals surface area (Å²) in [4.78, 5) is 12.3. The Morgan fingerprint density at radius 3 is 2.59 bits per heavy atom. The van der Waals surface area contributed by atoms with E-state index in [1.807, 2.05) is 12.1 Å². The number of amides is 1. The number of nitrogens with zero attached hydrogens (tertiary/aromatic N) is 1. The van der Waals surface area contributed by atoms with E-state index in [1.165, 1.54) is 4.31 Å². The Morgan fingerprint density at radius 2 is 1.81 bits per heavy atom. The number of nitrogens with one attached hydrogen (secondary N) is 1. The summed E-state index contributed by atoms with van der Waals surface area (Å²) in [5.41, 5.74) is 0.881. The van der Waals surface area contributed by atoms with E-state index < -0.39 is 27.2 Å². The molecule has 5 nitrogen and oxygen atoms in total. The fourth-order valence-corrected chi connectivity index (χ4v) is 5.38. The van der Waals surface area contributed by atoms with E-state index in [0.29, 0.717) is 30.9 Å². The highest BCUT2D eigenvalue weighted by Crippen LogP contribution is 2.33. The summed E-state index contributed by atoms with van der Waals surface area (Å²) in [5.74, 6) is -2.51. The molecule has 2 aliphatic rings. The van der Waals surface area contributed by atoms with Crippen LogP contribution in [0.4, 0.5) is 8.78 Å². The molecule has 0 aliphatic carbocycles. The number of fused-ring (bicyclic) bond motifs is 1. The Hall–Kier alpha value is -2.32. The summed E-state index contributed by atoms with van der Waals surface area (Å²) in [6.45, 7) is 0.312. The van der Waals surface area contributed by atoms with Crippen LogP contribution in [0.15, 0.2) is 47.4 Å². The maximum Gasteiger partial charge on any atom is 0.252 e. The number of carbonyl (C=O) groups excluding carboxylic acids is 1. The Morgan fingerprint density at radius 1 is 1.04 bits per heavy atom. The van der Waals surface area contributed by atoms with Gasteiger partial charge in [-0.3, -0.25) is 4.79 Å². The van der Waals surface area contributed by atoms with Gasteiger partial charge in [-0.15, -0.1) is 0 Å². The predicted octanol–water partition coefficient (Wildman–Crippen LogP) is 2.47. The standard InChI is InChI=1S/C19H18F2N2O3S/c20-16-6-5-14(11-17(16)21)27(25,26)23-10-9-19(12-23)8-7-13-3-1-2-4-15(13)18(24)22-19/h1-6,11H,7-10,12H2,(H,22,24)/t19-/m0/s1. The zero-order chi connectivity index (χ0) is 19.2. The third kappa shape index (κ3) is 3.12. The fraction of sp³-hybridized carbons (Fsp3) is 0.316. The van der Waals surface area contributed by atoms with Crippen LogP contribution in [-0.2, 0) is 16.4 Å². The Balaban J connectivity index is 1.60. The van der Waals surface area contributed by atoms with Crippen molar-refractivity contribution in [1.82, 2.24) is 9.62 Å². The van der Waals surface area contributed by atoms with Crippen LogP contribution in [-0.4, -0.2) is 37.3 Å². The van der Waals surface area contributed by atoms with Gasteiger partial charge in [0.2, 0.25) is 10.0 Å². The molecule has 1 amide bonds. The van der Waals surface area contributed by atoms with Crippen molar-refractivity contribution in [3.05, 3.63) is 65.2 Å². The van der Waals surface area contributed by atoms with Crippen molar-refractivity contribution in [1.29, 1.82) is 0 Å². The average Bonchev–Trinajstić information content (AvgIpc) is 3.01. The van der Waals surface area contributed by atoms with Crippen LogP contribution in [0.25, 0.3) is 0 Å². The normalized spacial score (nSPS) is 23.1. The fourth-order valence-electron chi connectivity index (χ4n) is 3.84. The number of sulfonamides is 1. The first-order valence-corrected chi connectivity index (χ1v) is 10.1. The quantitative estimate of drug-likeness (QED) is 0.854. The van der Waals surface area contributed by atoms with Gasteiger partial charge in [0.25, 0.3) is 5.91 Å². The molecule has 1 fully saturated rings. The topological polar surface area (TPSA) is 66.5 Å². The summed E-state index contributed by atoms with van der Waals surface area (Å²) < 4.78 is 53.5. The third-order valence-electron chi connectivity index (χ3n) is 5.36. The first-order valence-electron chi connectivity index (χ1n) is 8.66. The molecule has 4 rings (SSSR count).